The van der Waals surface area contributed by atoms with Crippen LogP contribution in [0.4, 0.5) is 0 Å². The van der Waals surface area contributed by atoms with Crippen LogP contribution in [0.2, 0.25) is 0 Å². The number of nitrogens with one attached hydrogen (secondary N) is 1. The van der Waals surface area contributed by atoms with Gasteiger partial charge in [-0.15, -0.1) is 10.2 Å². The Kier molecular flexibility index (Phi) is 3.33. The van der Waals surface area contributed by atoms with Crippen LogP contribution in [0.25, 0.3) is 0 Å². The minimum Gasteiger partial charge on any atom is -0.368 e. The first-order valence-corrected chi connectivity index (χ1v) is 6.18. The van der Waals surface area contributed by atoms with Gasteiger partial charge in [0, 0.05) is 19.6 Å². The van der Waals surface area contributed by atoms with Crippen LogP contribution in [0.5, 0.6) is 0 Å². The van der Waals surface area contributed by atoms with Gasteiger partial charge in [0.1, 0.15) is 15.6 Å². The fourth-order valence-corrected chi connectivity index (χ4v) is 2.72. The Labute approximate surface area is 94.1 Å². The molecule has 1 aliphatic heterocycles. The van der Waals surface area contributed by atoms with Crippen LogP contribution in [0, 0.1) is 0 Å². The van der Waals surface area contributed by atoms with Gasteiger partial charge >= 0.3 is 0 Å². The molecule has 1 N–H and O–H groups in total. The molecule has 1 saturated heterocycles. The zero-order chi connectivity index (χ0) is 10.7. The third-order valence-electron chi connectivity index (χ3n) is 2.73. The van der Waals surface area contributed by atoms with Gasteiger partial charge in [-0.3, -0.25) is 0 Å². The summed E-state index contributed by atoms with van der Waals surface area (Å²) in [7, 11) is 1.95. The van der Waals surface area contributed by atoms with Crippen molar-refractivity contribution in [3.05, 3.63) is 10.0 Å². The number of rotatable bonds is 4. The molecule has 1 aromatic rings. The minimum atomic E-state index is -0.171. The van der Waals surface area contributed by atoms with Crippen molar-refractivity contribution >= 4 is 11.3 Å². The summed E-state index contributed by atoms with van der Waals surface area (Å²) in [5.74, 6) is 0. The largest absolute Gasteiger partial charge is 0.368 e. The molecule has 1 aromatic heterocycles. The van der Waals surface area contributed by atoms with Crippen molar-refractivity contribution < 1.29 is 4.74 Å². The zero-order valence-corrected chi connectivity index (χ0v) is 10.1. The van der Waals surface area contributed by atoms with Gasteiger partial charge in [-0.05, 0) is 26.8 Å². The number of hydrogen-bond donors (Lipinski definition) is 1. The molecule has 1 aliphatic rings. The molecule has 84 valence electrons. The number of hydrogen-bond acceptors (Lipinski definition) is 5. The molecule has 0 bridgehead atoms. The van der Waals surface area contributed by atoms with Gasteiger partial charge in [-0.25, -0.2) is 0 Å². The Hall–Kier alpha value is -0.520. The number of likely N-dealkylation sites (N-methyl/N-ethyl adjacent to an activating group) is 1. The Bertz CT molecular complexity index is 320. The SMILES string of the molecule is CNCCc1nnc(C2(C)CCCO2)s1. The van der Waals surface area contributed by atoms with Crippen LogP contribution in [-0.2, 0) is 16.8 Å². The zero-order valence-electron chi connectivity index (χ0n) is 9.25. The summed E-state index contributed by atoms with van der Waals surface area (Å²) in [6.07, 6.45) is 3.14. The fourth-order valence-electron chi connectivity index (χ4n) is 1.75. The van der Waals surface area contributed by atoms with E-state index in [1.807, 2.05) is 7.05 Å². The molecular weight excluding hydrogens is 210 g/mol. The van der Waals surface area contributed by atoms with E-state index in [0.29, 0.717) is 0 Å². The van der Waals surface area contributed by atoms with Gasteiger partial charge in [-0.2, -0.15) is 0 Å². The highest BCUT2D eigenvalue weighted by Crippen LogP contribution is 2.36. The number of nitrogens with zero attached hydrogens (tertiary/aromatic N) is 2. The van der Waals surface area contributed by atoms with Crippen LogP contribution >= 0.6 is 11.3 Å². The van der Waals surface area contributed by atoms with Crippen molar-refractivity contribution in [2.45, 2.75) is 31.8 Å². The lowest BCUT2D eigenvalue weighted by Gasteiger charge is -2.18. The maximum absolute atomic E-state index is 5.74. The third kappa shape index (κ3) is 2.35. The van der Waals surface area contributed by atoms with E-state index < -0.39 is 0 Å². The first-order valence-electron chi connectivity index (χ1n) is 5.36. The quantitative estimate of drug-likeness (QED) is 0.843. The molecule has 1 atom stereocenters. The second kappa shape index (κ2) is 4.55. The average molecular weight is 227 g/mol. The van der Waals surface area contributed by atoms with Gasteiger partial charge in [0.05, 0.1) is 0 Å². The summed E-state index contributed by atoms with van der Waals surface area (Å²) >= 11 is 1.68. The highest BCUT2D eigenvalue weighted by molar-refractivity contribution is 7.11. The maximum atomic E-state index is 5.74. The molecule has 0 amide bonds. The Balaban J connectivity index is 2.05. The standard InChI is InChI=1S/C10H17N3OS/c1-10(5-3-7-14-10)9-13-12-8(15-9)4-6-11-2/h11H,3-7H2,1-2H3. The van der Waals surface area contributed by atoms with E-state index in [2.05, 4.69) is 22.4 Å². The Morgan fingerprint density at radius 3 is 3.07 bits per heavy atom. The van der Waals surface area contributed by atoms with Crippen LogP contribution in [0.1, 0.15) is 29.8 Å². The lowest BCUT2D eigenvalue weighted by molar-refractivity contribution is 0.0161. The van der Waals surface area contributed by atoms with Crippen LogP contribution in [0.15, 0.2) is 0 Å². The van der Waals surface area contributed by atoms with E-state index >= 15 is 0 Å². The molecule has 0 aromatic carbocycles. The van der Waals surface area contributed by atoms with Crippen molar-refractivity contribution in [2.75, 3.05) is 20.2 Å². The van der Waals surface area contributed by atoms with Crippen molar-refractivity contribution in [1.82, 2.24) is 15.5 Å². The van der Waals surface area contributed by atoms with E-state index in [1.165, 1.54) is 0 Å². The Morgan fingerprint density at radius 1 is 1.53 bits per heavy atom. The molecule has 0 aliphatic carbocycles. The molecule has 0 spiro atoms. The molecule has 0 saturated carbocycles. The molecule has 4 nitrogen and oxygen atoms in total. The van der Waals surface area contributed by atoms with Gasteiger partial charge < -0.3 is 10.1 Å². The smallest absolute Gasteiger partial charge is 0.149 e. The molecule has 0 radical (unpaired) electrons. The van der Waals surface area contributed by atoms with Crippen molar-refractivity contribution in [3.63, 3.8) is 0 Å². The second-order valence-electron chi connectivity index (χ2n) is 4.04. The number of aromatic nitrogens is 2. The lowest BCUT2D eigenvalue weighted by Crippen LogP contribution is -2.19. The molecule has 2 rings (SSSR count). The van der Waals surface area contributed by atoms with E-state index in [4.69, 9.17) is 4.74 Å². The molecule has 5 heteroatoms. The van der Waals surface area contributed by atoms with Crippen LogP contribution in [0.3, 0.4) is 0 Å². The van der Waals surface area contributed by atoms with Gasteiger partial charge in [0.25, 0.3) is 0 Å². The van der Waals surface area contributed by atoms with Crippen LogP contribution < -0.4 is 5.32 Å². The monoisotopic (exact) mass is 227 g/mol. The first kappa shape index (κ1) is 11.0. The Morgan fingerprint density at radius 2 is 2.40 bits per heavy atom. The van der Waals surface area contributed by atoms with Gasteiger partial charge in [0.15, 0.2) is 0 Å². The number of ether oxygens (including phenoxy) is 1. The normalized spacial score (nSPS) is 26.0. The highest BCUT2D eigenvalue weighted by atomic mass is 32.1. The average Bonchev–Trinajstić information content (AvgIpc) is 2.84. The van der Waals surface area contributed by atoms with E-state index in [9.17, 15) is 0 Å². The molecule has 2 heterocycles. The topological polar surface area (TPSA) is 47.0 Å². The fraction of sp³-hybridized carbons (Fsp3) is 0.800. The predicted octanol–water partition coefficient (Wildman–Crippen LogP) is 1.33. The van der Waals surface area contributed by atoms with Gasteiger partial charge in [-0.1, -0.05) is 11.3 Å². The highest BCUT2D eigenvalue weighted by Gasteiger charge is 2.35. The molecular formula is C10H17N3OS. The lowest BCUT2D eigenvalue weighted by atomic mass is 10.0. The van der Waals surface area contributed by atoms with E-state index in [1.54, 1.807) is 11.3 Å². The maximum Gasteiger partial charge on any atom is 0.149 e. The van der Waals surface area contributed by atoms with Crippen molar-refractivity contribution in [1.29, 1.82) is 0 Å². The van der Waals surface area contributed by atoms with Crippen molar-refractivity contribution in [3.8, 4) is 0 Å². The van der Waals surface area contributed by atoms with Crippen LogP contribution in [-0.4, -0.2) is 30.4 Å². The van der Waals surface area contributed by atoms with Crippen molar-refractivity contribution in [2.24, 2.45) is 0 Å². The molecule has 1 unspecified atom stereocenters. The molecule has 1 fully saturated rings. The van der Waals surface area contributed by atoms with E-state index in [0.717, 1.165) is 42.4 Å². The predicted molar refractivity (Wildman–Crippen MR) is 60.1 cm³/mol. The first-order chi connectivity index (χ1) is 7.24. The second-order valence-corrected chi connectivity index (χ2v) is 5.10. The van der Waals surface area contributed by atoms with Gasteiger partial charge in [0.2, 0.25) is 0 Å². The summed E-state index contributed by atoms with van der Waals surface area (Å²) in [4.78, 5) is 0. The summed E-state index contributed by atoms with van der Waals surface area (Å²) in [6, 6.07) is 0. The summed E-state index contributed by atoms with van der Waals surface area (Å²) in [6.45, 7) is 3.91. The summed E-state index contributed by atoms with van der Waals surface area (Å²) in [5.41, 5.74) is -0.171. The summed E-state index contributed by atoms with van der Waals surface area (Å²) < 4.78 is 5.74. The minimum absolute atomic E-state index is 0.171. The third-order valence-corrected chi connectivity index (χ3v) is 3.96. The van der Waals surface area contributed by atoms with E-state index in [-0.39, 0.29) is 5.60 Å². The molecule has 15 heavy (non-hydrogen) atoms. The summed E-state index contributed by atoms with van der Waals surface area (Å²) in [5, 5.41) is 13.7.